The van der Waals surface area contributed by atoms with E-state index in [-0.39, 0.29) is 11.9 Å². The summed E-state index contributed by atoms with van der Waals surface area (Å²) in [5.41, 5.74) is 1.76. The second-order valence-electron chi connectivity index (χ2n) is 6.58. The lowest BCUT2D eigenvalue weighted by Gasteiger charge is -2.34. The summed E-state index contributed by atoms with van der Waals surface area (Å²) in [6.07, 6.45) is 9.44. The minimum absolute atomic E-state index is 0.0590. The third-order valence-electron chi connectivity index (χ3n) is 4.67. The topological polar surface area (TPSA) is 71.0 Å². The Hall–Kier alpha value is -2.50. The van der Waals surface area contributed by atoms with Crippen LogP contribution in [0.15, 0.2) is 36.9 Å². The molecule has 0 bridgehead atoms. The minimum Gasteiger partial charge on any atom is -0.354 e. The van der Waals surface area contributed by atoms with Gasteiger partial charge in [-0.2, -0.15) is 0 Å². The molecule has 3 heterocycles. The van der Waals surface area contributed by atoms with Gasteiger partial charge in [-0.1, -0.05) is 0 Å². The number of nitrogens with one attached hydrogen (secondary N) is 1. The fourth-order valence-electron chi connectivity index (χ4n) is 3.21. The van der Waals surface area contributed by atoms with Gasteiger partial charge in [-0.25, -0.2) is 9.97 Å². The number of rotatable bonds is 4. The van der Waals surface area contributed by atoms with E-state index in [0.717, 1.165) is 37.4 Å². The lowest BCUT2D eigenvalue weighted by Crippen LogP contribution is -2.48. The zero-order valence-corrected chi connectivity index (χ0v) is 13.6. The molecule has 124 valence electrons. The highest BCUT2D eigenvalue weighted by Crippen LogP contribution is 2.39. The maximum absolute atomic E-state index is 12.3. The molecular formula is C18H21N5O. The molecule has 1 N–H and O–H groups in total. The zero-order valence-electron chi connectivity index (χ0n) is 13.6. The molecule has 2 aromatic heterocycles. The van der Waals surface area contributed by atoms with Gasteiger partial charge in [0.05, 0.1) is 5.56 Å². The van der Waals surface area contributed by atoms with Gasteiger partial charge >= 0.3 is 0 Å². The summed E-state index contributed by atoms with van der Waals surface area (Å²) in [5.74, 6) is 1.54. The molecule has 1 aliphatic heterocycles. The van der Waals surface area contributed by atoms with Crippen LogP contribution < -0.4 is 10.2 Å². The first-order valence-electron chi connectivity index (χ1n) is 8.57. The van der Waals surface area contributed by atoms with Gasteiger partial charge in [0.15, 0.2) is 0 Å². The van der Waals surface area contributed by atoms with Crippen LogP contribution in [0.2, 0.25) is 0 Å². The Bertz CT molecular complexity index is 716. The van der Waals surface area contributed by atoms with Crippen LogP contribution >= 0.6 is 0 Å². The van der Waals surface area contributed by atoms with E-state index >= 15 is 0 Å². The van der Waals surface area contributed by atoms with Crippen LogP contribution in [0.25, 0.3) is 0 Å². The van der Waals surface area contributed by atoms with Gasteiger partial charge in [0, 0.05) is 49.2 Å². The molecule has 6 heteroatoms. The van der Waals surface area contributed by atoms with Gasteiger partial charge in [0.25, 0.3) is 5.91 Å². The van der Waals surface area contributed by atoms with Crippen molar-refractivity contribution >= 4 is 11.7 Å². The highest BCUT2D eigenvalue weighted by atomic mass is 16.1. The van der Waals surface area contributed by atoms with Crippen molar-refractivity contribution in [2.24, 2.45) is 0 Å². The maximum atomic E-state index is 12.3. The van der Waals surface area contributed by atoms with E-state index in [9.17, 15) is 4.79 Å². The first-order chi connectivity index (χ1) is 11.8. The van der Waals surface area contributed by atoms with Crippen molar-refractivity contribution in [3.8, 4) is 0 Å². The predicted octanol–water partition coefficient (Wildman–Crippen LogP) is 2.15. The number of piperidine rings is 1. The summed E-state index contributed by atoms with van der Waals surface area (Å²) in [4.78, 5) is 27.4. The van der Waals surface area contributed by atoms with Crippen molar-refractivity contribution in [3.63, 3.8) is 0 Å². The molecule has 1 saturated carbocycles. The van der Waals surface area contributed by atoms with E-state index in [4.69, 9.17) is 0 Å². The van der Waals surface area contributed by atoms with Gasteiger partial charge in [0.2, 0.25) is 0 Å². The summed E-state index contributed by atoms with van der Waals surface area (Å²) >= 11 is 0. The quantitative estimate of drug-likeness (QED) is 0.933. The molecule has 2 aliphatic rings. The number of aromatic nitrogens is 3. The second-order valence-corrected chi connectivity index (χ2v) is 6.58. The molecule has 24 heavy (non-hydrogen) atoms. The lowest BCUT2D eigenvalue weighted by molar-refractivity contribution is 0.0932. The number of pyridine rings is 1. The molecule has 4 rings (SSSR count). The first-order valence-corrected chi connectivity index (χ1v) is 8.57. The van der Waals surface area contributed by atoms with Crippen molar-refractivity contribution in [1.29, 1.82) is 0 Å². The molecule has 1 aliphatic carbocycles. The normalized spacial score (nSPS) is 20.7. The molecule has 1 amide bonds. The third-order valence-corrected chi connectivity index (χ3v) is 4.67. The fraction of sp³-hybridized carbons (Fsp3) is 0.444. The highest BCUT2D eigenvalue weighted by molar-refractivity contribution is 5.94. The van der Waals surface area contributed by atoms with Crippen molar-refractivity contribution in [1.82, 2.24) is 20.3 Å². The van der Waals surface area contributed by atoms with E-state index in [1.165, 1.54) is 12.8 Å². The Kier molecular flexibility index (Phi) is 4.11. The fourth-order valence-corrected chi connectivity index (χ4v) is 3.21. The summed E-state index contributed by atoms with van der Waals surface area (Å²) in [7, 11) is 0. The Morgan fingerprint density at radius 1 is 1.25 bits per heavy atom. The average molecular weight is 323 g/mol. The molecule has 1 saturated heterocycles. The molecule has 0 radical (unpaired) electrons. The smallest absolute Gasteiger partial charge is 0.253 e. The number of nitrogens with zero attached hydrogens (tertiary/aromatic N) is 4. The number of carbonyl (C=O) groups excluding carboxylic acids is 1. The van der Waals surface area contributed by atoms with Crippen molar-refractivity contribution < 1.29 is 4.79 Å². The Morgan fingerprint density at radius 2 is 2.17 bits per heavy atom. The van der Waals surface area contributed by atoms with E-state index in [0.29, 0.717) is 11.5 Å². The largest absolute Gasteiger partial charge is 0.354 e. The van der Waals surface area contributed by atoms with Crippen LogP contribution in [-0.4, -0.2) is 40.0 Å². The molecule has 6 nitrogen and oxygen atoms in total. The van der Waals surface area contributed by atoms with Gasteiger partial charge in [0.1, 0.15) is 12.1 Å². The molecule has 2 fully saturated rings. The number of amides is 1. The molecular weight excluding hydrogens is 302 g/mol. The Balaban J connectivity index is 1.42. The van der Waals surface area contributed by atoms with Crippen molar-refractivity contribution in [2.45, 2.75) is 37.6 Å². The number of hydrogen-bond acceptors (Lipinski definition) is 5. The van der Waals surface area contributed by atoms with Crippen molar-refractivity contribution in [2.75, 3.05) is 18.0 Å². The van der Waals surface area contributed by atoms with Crippen LogP contribution in [0.4, 0.5) is 5.82 Å². The van der Waals surface area contributed by atoms with Crippen LogP contribution in [0.3, 0.4) is 0 Å². The maximum Gasteiger partial charge on any atom is 0.253 e. The Morgan fingerprint density at radius 3 is 2.96 bits per heavy atom. The number of hydrogen-bond donors (Lipinski definition) is 1. The van der Waals surface area contributed by atoms with E-state index in [1.807, 2.05) is 0 Å². The average Bonchev–Trinajstić information content (AvgIpc) is 3.48. The standard InChI is InChI=1S/C18H21N5O/c24-18(14-3-1-7-19-10-14)22-15-4-2-8-23(11-15)17-9-16(13-5-6-13)20-12-21-17/h1,3,7,9-10,12-13,15H,2,4-6,8,11H2,(H,22,24). The van der Waals surface area contributed by atoms with E-state index < -0.39 is 0 Å². The zero-order chi connectivity index (χ0) is 16.4. The molecule has 1 atom stereocenters. The highest BCUT2D eigenvalue weighted by Gasteiger charge is 2.27. The molecule has 1 unspecified atom stereocenters. The number of anilines is 1. The van der Waals surface area contributed by atoms with E-state index in [1.54, 1.807) is 30.9 Å². The predicted molar refractivity (Wildman–Crippen MR) is 90.9 cm³/mol. The number of carbonyl (C=O) groups is 1. The Labute approximate surface area is 141 Å². The van der Waals surface area contributed by atoms with Gasteiger partial charge < -0.3 is 10.2 Å². The molecule has 0 spiro atoms. The summed E-state index contributed by atoms with van der Waals surface area (Å²) in [6.45, 7) is 1.76. The first kappa shape index (κ1) is 15.1. The lowest BCUT2D eigenvalue weighted by atomic mass is 10.0. The van der Waals surface area contributed by atoms with Crippen molar-refractivity contribution in [3.05, 3.63) is 48.2 Å². The van der Waals surface area contributed by atoms with Gasteiger partial charge in [-0.05, 0) is 37.8 Å². The monoisotopic (exact) mass is 323 g/mol. The minimum atomic E-state index is -0.0590. The summed E-state index contributed by atoms with van der Waals surface area (Å²) < 4.78 is 0. The third kappa shape index (κ3) is 3.37. The van der Waals surface area contributed by atoms with E-state index in [2.05, 4.69) is 31.2 Å². The molecule has 0 aromatic carbocycles. The summed E-state index contributed by atoms with van der Waals surface area (Å²) in [5, 5.41) is 3.12. The van der Waals surface area contributed by atoms with Gasteiger partial charge in [-0.3, -0.25) is 9.78 Å². The van der Waals surface area contributed by atoms with Crippen LogP contribution in [0.5, 0.6) is 0 Å². The van der Waals surface area contributed by atoms with Crippen LogP contribution in [0, 0.1) is 0 Å². The summed E-state index contributed by atoms with van der Waals surface area (Å²) in [6, 6.07) is 5.81. The molecule has 2 aromatic rings. The SMILES string of the molecule is O=C(NC1CCCN(c2cc(C3CC3)ncn2)C1)c1cccnc1. The van der Waals surface area contributed by atoms with Gasteiger partial charge in [-0.15, -0.1) is 0 Å². The second kappa shape index (κ2) is 6.55. The van der Waals surface area contributed by atoms with Crippen LogP contribution in [0.1, 0.15) is 47.7 Å². The van der Waals surface area contributed by atoms with Crippen LogP contribution in [-0.2, 0) is 0 Å².